The molecule has 0 radical (unpaired) electrons. The summed E-state index contributed by atoms with van der Waals surface area (Å²) in [5.41, 5.74) is -0.167. The van der Waals surface area contributed by atoms with Crippen LogP contribution in [0.2, 0.25) is 0 Å². The van der Waals surface area contributed by atoms with Crippen LogP contribution in [0.4, 0.5) is 0 Å². The molecule has 17 heavy (non-hydrogen) atoms. The van der Waals surface area contributed by atoms with Crippen LogP contribution in [-0.2, 0) is 0 Å². The minimum absolute atomic E-state index is 0.276. The molecule has 1 unspecified atom stereocenters. The van der Waals surface area contributed by atoms with Crippen molar-refractivity contribution in [1.29, 1.82) is 0 Å². The van der Waals surface area contributed by atoms with Crippen molar-refractivity contribution < 1.29 is 5.11 Å². The van der Waals surface area contributed by atoms with Gasteiger partial charge < -0.3 is 5.11 Å². The lowest BCUT2D eigenvalue weighted by Gasteiger charge is -2.62. The molecule has 0 aromatic heterocycles. The first-order valence-electron chi connectivity index (χ1n) is 7.59. The van der Waals surface area contributed by atoms with E-state index in [1.807, 2.05) is 0 Å². The zero-order chi connectivity index (χ0) is 11.5. The van der Waals surface area contributed by atoms with Crippen molar-refractivity contribution in [3.05, 3.63) is 12.2 Å². The van der Waals surface area contributed by atoms with Crippen molar-refractivity contribution >= 4 is 0 Å². The third kappa shape index (κ3) is 1.41. The highest BCUT2D eigenvalue weighted by molar-refractivity contribution is 5.18. The molecule has 1 nitrogen and oxygen atoms in total. The van der Waals surface area contributed by atoms with Crippen LogP contribution < -0.4 is 0 Å². The third-order valence-electron chi connectivity index (χ3n) is 6.28. The predicted molar refractivity (Wildman–Crippen MR) is 68.5 cm³/mol. The second kappa shape index (κ2) is 3.38. The van der Waals surface area contributed by atoms with E-state index in [9.17, 15) is 5.11 Å². The Labute approximate surface area is 104 Å². The summed E-state index contributed by atoms with van der Waals surface area (Å²) in [5.74, 6) is 2.84. The molecule has 0 saturated heterocycles. The zero-order valence-electron chi connectivity index (χ0n) is 10.7. The molecule has 4 fully saturated rings. The number of hydrogen-bond donors (Lipinski definition) is 1. The lowest BCUT2D eigenvalue weighted by Crippen LogP contribution is -2.57. The van der Waals surface area contributed by atoms with Crippen LogP contribution in [0.1, 0.15) is 57.8 Å². The molecule has 5 rings (SSSR count). The van der Waals surface area contributed by atoms with Gasteiger partial charge in [0.05, 0.1) is 5.60 Å². The largest absolute Gasteiger partial charge is 0.385 e. The number of aliphatic hydroxyl groups is 1. The van der Waals surface area contributed by atoms with Gasteiger partial charge in [-0.2, -0.15) is 0 Å². The van der Waals surface area contributed by atoms with Crippen molar-refractivity contribution in [2.45, 2.75) is 63.4 Å². The molecule has 94 valence electrons. The molecule has 4 saturated carbocycles. The maximum atomic E-state index is 11.1. The van der Waals surface area contributed by atoms with E-state index in [0.717, 1.165) is 24.2 Å². The second-order valence-electron chi connectivity index (χ2n) is 7.42. The summed E-state index contributed by atoms with van der Waals surface area (Å²) < 4.78 is 0. The van der Waals surface area contributed by atoms with Crippen LogP contribution in [-0.4, -0.2) is 10.7 Å². The molecule has 1 N–H and O–H groups in total. The highest BCUT2D eigenvalue weighted by Gasteiger charge is 2.59. The Kier molecular flexibility index (Phi) is 2.11. The zero-order valence-corrected chi connectivity index (χ0v) is 10.7. The average molecular weight is 232 g/mol. The van der Waals surface area contributed by atoms with Gasteiger partial charge in [-0.25, -0.2) is 0 Å². The summed E-state index contributed by atoms with van der Waals surface area (Å²) >= 11 is 0. The SMILES string of the molecule is OC1(C23CC4CC(CC(C4)C2)C3)C=CCCC1. The second-order valence-corrected chi connectivity index (χ2v) is 7.42. The van der Waals surface area contributed by atoms with E-state index in [1.54, 1.807) is 0 Å². The van der Waals surface area contributed by atoms with Gasteiger partial charge in [-0.15, -0.1) is 0 Å². The summed E-state index contributed by atoms with van der Waals surface area (Å²) in [6.07, 6.45) is 16.2. The van der Waals surface area contributed by atoms with Crippen LogP contribution in [0.3, 0.4) is 0 Å². The molecular formula is C16H24O. The molecule has 0 spiro atoms. The van der Waals surface area contributed by atoms with Gasteiger partial charge in [-0.3, -0.25) is 0 Å². The first kappa shape index (κ1) is 10.6. The molecule has 0 aromatic rings. The molecule has 1 atom stereocenters. The van der Waals surface area contributed by atoms with E-state index in [0.29, 0.717) is 0 Å². The van der Waals surface area contributed by atoms with E-state index < -0.39 is 5.60 Å². The molecule has 5 aliphatic rings. The lowest BCUT2D eigenvalue weighted by atomic mass is 9.44. The molecule has 0 heterocycles. The highest BCUT2D eigenvalue weighted by atomic mass is 16.3. The van der Waals surface area contributed by atoms with Gasteiger partial charge in [0.2, 0.25) is 0 Å². The number of rotatable bonds is 1. The van der Waals surface area contributed by atoms with E-state index in [4.69, 9.17) is 0 Å². The van der Waals surface area contributed by atoms with Crippen LogP contribution in [0, 0.1) is 23.2 Å². The first-order chi connectivity index (χ1) is 8.19. The van der Waals surface area contributed by atoms with E-state index in [1.165, 1.54) is 51.4 Å². The van der Waals surface area contributed by atoms with Crippen molar-refractivity contribution in [3.63, 3.8) is 0 Å². The molecular weight excluding hydrogens is 208 g/mol. The Morgan fingerprint density at radius 2 is 1.53 bits per heavy atom. The number of allylic oxidation sites excluding steroid dienone is 1. The minimum Gasteiger partial charge on any atom is -0.385 e. The fraction of sp³-hybridized carbons (Fsp3) is 0.875. The van der Waals surface area contributed by atoms with E-state index in [-0.39, 0.29) is 5.41 Å². The summed E-state index contributed by atoms with van der Waals surface area (Å²) in [5, 5.41) is 11.1. The van der Waals surface area contributed by atoms with Crippen LogP contribution in [0.5, 0.6) is 0 Å². The molecule has 4 bridgehead atoms. The Balaban J connectivity index is 1.72. The van der Waals surface area contributed by atoms with Crippen LogP contribution in [0.25, 0.3) is 0 Å². The molecule has 1 heteroatoms. The van der Waals surface area contributed by atoms with Gasteiger partial charge >= 0.3 is 0 Å². The van der Waals surface area contributed by atoms with E-state index in [2.05, 4.69) is 12.2 Å². The Morgan fingerprint density at radius 1 is 0.941 bits per heavy atom. The fourth-order valence-electron chi connectivity index (χ4n) is 5.93. The topological polar surface area (TPSA) is 20.2 Å². The Hall–Kier alpha value is -0.300. The Morgan fingerprint density at radius 3 is 2.00 bits per heavy atom. The van der Waals surface area contributed by atoms with Crippen molar-refractivity contribution in [1.82, 2.24) is 0 Å². The maximum absolute atomic E-state index is 11.1. The van der Waals surface area contributed by atoms with Gasteiger partial charge in [-0.1, -0.05) is 12.2 Å². The highest BCUT2D eigenvalue weighted by Crippen LogP contribution is 2.65. The van der Waals surface area contributed by atoms with Gasteiger partial charge in [0.1, 0.15) is 0 Å². The van der Waals surface area contributed by atoms with Gasteiger partial charge in [-0.05, 0) is 75.5 Å². The summed E-state index contributed by atoms with van der Waals surface area (Å²) in [6.45, 7) is 0. The Bertz CT molecular complexity index is 321. The van der Waals surface area contributed by atoms with Gasteiger partial charge in [0, 0.05) is 5.41 Å². The van der Waals surface area contributed by atoms with E-state index >= 15 is 0 Å². The fourth-order valence-corrected chi connectivity index (χ4v) is 5.93. The predicted octanol–water partition coefficient (Wildman–Crippen LogP) is 3.67. The van der Waals surface area contributed by atoms with Crippen LogP contribution in [0.15, 0.2) is 12.2 Å². The molecule has 0 amide bonds. The standard InChI is InChI=1S/C16H24O/c17-16(4-2-1-3-5-16)15-9-12-6-13(10-15)8-14(7-12)11-15/h2,4,12-14,17H,1,3,5-11H2. The van der Waals surface area contributed by atoms with Crippen LogP contribution >= 0.6 is 0 Å². The normalized spacial score (nSPS) is 56.4. The molecule has 0 aromatic carbocycles. The number of hydrogen-bond acceptors (Lipinski definition) is 1. The third-order valence-corrected chi connectivity index (χ3v) is 6.28. The summed E-state index contributed by atoms with van der Waals surface area (Å²) in [4.78, 5) is 0. The summed E-state index contributed by atoms with van der Waals surface area (Å²) in [7, 11) is 0. The molecule has 5 aliphatic carbocycles. The van der Waals surface area contributed by atoms with Crippen molar-refractivity contribution in [2.24, 2.45) is 23.2 Å². The minimum atomic E-state index is -0.443. The van der Waals surface area contributed by atoms with Gasteiger partial charge in [0.15, 0.2) is 0 Å². The van der Waals surface area contributed by atoms with Crippen molar-refractivity contribution in [2.75, 3.05) is 0 Å². The first-order valence-corrected chi connectivity index (χ1v) is 7.59. The van der Waals surface area contributed by atoms with Crippen molar-refractivity contribution in [3.8, 4) is 0 Å². The monoisotopic (exact) mass is 232 g/mol. The smallest absolute Gasteiger partial charge is 0.0884 e. The molecule has 0 aliphatic heterocycles. The van der Waals surface area contributed by atoms with Gasteiger partial charge in [0.25, 0.3) is 0 Å². The summed E-state index contributed by atoms with van der Waals surface area (Å²) in [6, 6.07) is 0. The maximum Gasteiger partial charge on any atom is 0.0884 e. The quantitative estimate of drug-likeness (QED) is 0.684. The lowest BCUT2D eigenvalue weighted by molar-refractivity contribution is -0.160. The average Bonchev–Trinajstić information content (AvgIpc) is 2.28.